The summed E-state index contributed by atoms with van der Waals surface area (Å²) in [5.74, 6) is -9.70. The van der Waals surface area contributed by atoms with Crippen LogP contribution in [-0.2, 0) is 6.42 Å². The second-order valence-corrected chi connectivity index (χ2v) is 5.78. The molecule has 0 radical (unpaired) electrons. The summed E-state index contributed by atoms with van der Waals surface area (Å²) in [6, 6.07) is 0. The molecule has 2 rings (SSSR count). The Kier molecular flexibility index (Phi) is 3.84. The molecule has 0 N–H and O–H groups in total. The summed E-state index contributed by atoms with van der Waals surface area (Å²) in [7, 11) is 0. The zero-order valence-corrected chi connectivity index (χ0v) is 11.5. The Morgan fingerprint density at radius 2 is 1.40 bits per heavy atom. The summed E-state index contributed by atoms with van der Waals surface area (Å²) in [5.41, 5.74) is 0.251. The first-order valence-electron chi connectivity index (χ1n) is 6.00. The van der Waals surface area contributed by atoms with Crippen LogP contribution in [-0.4, -0.2) is 0 Å². The van der Waals surface area contributed by atoms with Crippen LogP contribution in [0, 0.1) is 46.3 Å². The van der Waals surface area contributed by atoms with E-state index in [-0.39, 0.29) is 23.7 Å². The van der Waals surface area contributed by atoms with Crippen molar-refractivity contribution in [3.05, 3.63) is 46.3 Å². The highest BCUT2D eigenvalue weighted by molar-refractivity contribution is 6.25. The van der Waals surface area contributed by atoms with Crippen LogP contribution in [0.4, 0.5) is 22.0 Å². The van der Waals surface area contributed by atoms with Gasteiger partial charge in [-0.15, -0.1) is 0 Å². The lowest BCUT2D eigenvalue weighted by atomic mass is 10.0. The lowest BCUT2D eigenvalue weighted by Gasteiger charge is -2.08. The molecule has 20 heavy (non-hydrogen) atoms. The number of hydrogen-bond acceptors (Lipinski definition) is 0. The van der Waals surface area contributed by atoms with Crippen LogP contribution in [0.3, 0.4) is 0 Å². The molecule has 0 amide bonds. The Morgan fingerprint density at radius 3 is 1.85 bits per heavy atom. The molecule has 1 aromatic rings. The molecule has 6 heteroatoms. The van der Waals surface area contributed by atoms with E-state index in [1.54, 1.807) is 6.08 Å². The smallest absolute Gasteiger partial charge is 0.200 e. The Balaban J connectivity index is 2.37. The average molecular weight is 311 g/mol. The SMILES string of the molecule is CC1(C)[C@H](/C=C/Cl)[C@@H]1Cc1c(F)c(F)c(F)c(F)c1F. The molecule has 0 aliphatic heterocycles. The molecule has 1 aliphatic rings. The Morgan fingerprint density at radius 1 is 0.950 bits per heavy atom. The van der Waals surface area contributed by atoms with E-state index in [2.05, 4.69) is 0 Å². The molecule has 0 aromatic heterocycles. The van der Waals surface area contributed by atoms with Crippen molar-refractivity contribution in [3.63, 3.8) is 0 Å². The van der Waals surface area contributed by atoms with Crippen LogP contribution in [0.25, 0.3) is 0 Å². The summed E-state index contributed by atoms with van der Waals surface area (Å²) in [4.78, 5) is 0. The number of rotatable bonds is 3. The molecule has 1 aromatic carbocycles. The van der Waals surface area contributed by atoms with Crippen molar-refractivity contribution in [3.8, 4) is 0 Å². The highest BCUT2D eigenvalue weighted by Crippen LogP contribution is 2.60. The fourth-order valence-corrected chi connectivity index (χ4v) is 2.84. The predicted octanol–water partition coefficient (Wildman–Crippen LogP) is 4.95. The molecule has 0 saturated heterocycles. The van der Waals surface area contributed by atoms with Crippen LogP contribution in [0.5, 0.6) is 0 Å². The molecule has 1 fully saturated rings. The molecule has 110 valence electrons. The molecule has 0 nitrogen and oxygen atoms in total. The highest BCUT2D eigenvalue weighted by atomic mass is 35.5. The maximum Gasteiger partial charge on any atom is 0.200 e. The molecule has 0 unspecified atom stereocenters. The van der Waals surface area contributed by atoms with Crippen molar-refractivity contribution in [1.82, 2.24) is 0 Å². The first-order valence-corrected chi connectivity index (χ1v) is 6.44. The van der Waals surface area contributed by atoms with Crippen LogP contribution in [0.1, 0.15) is 19.4 Å². The van der Waals surface area contributed by atoms with Gasteiger partial charge in [-0.3, -0.25) is 0 Å². The maximum atomic E-state index is 13.6. The van der Waals surface area contributed by atoms with Crippen LogP contribution < -0.4 is 0 Å². The lowest BCUT2D eigenvalue weighted by molar-refractivity contribution is 0.366. The number of halogens is 6. The number of hydrogen-bond donors (Lipinski definition) is 0. The van der Waals surface area contributed by atoms with Gasteiger partial charge in [-0.25, -0.2) is 22.0 Å². The van der Waals surface area contributed by atoms with E-state index in [1.807, 2.05) is 13.8 Å². The summed E-state index contributed by atoms with van der Waals surface area (Å²) < 4.78 is 66.4. The summed E-state index contributed by atoms with van der Waals surface area (Å²) >= 11 is 5.47. The van der Waals surface area contributed by atoms with Crippen molar-refractivity contribution >= 4 is 11.6 Å². The van der Waals surface area contributed by atoms with Crippen molar-refractivity contribution in [2.24, 2.45) is 17.3 Å². The molecule has 2 atom stereocenters. The second-order valence-electron chi connectivity index (χ2n) is 5.52. The van der Waals surface area contributed by atoms with E-state index < -0.39 is 34.6 Å². The summed E-state index contributed by atoms with van der Waals surface area (Å²) in [6.07, 6.45) is 1.45. The van der Waals surface area contributed by atoms with Gasteiger partial charge in [-0.1, -0.05) is 31.5 Å². The Bertz CT molecular complexity index is 550. The van der Waals surface area contributed by atoms with Crippen LogP contribution >= 0.6 is 11.6 Å². The van der Waals surface area contributed by atoms with E-state index in [1.165, 1.54) is 5.54 Å². The van der Waals surface area contributed by atoms with Crippen molar-refractivity contribution in [1.29, 1.82) is 0 Å². The van der Waals surface area contributed by atoms with E-state index in [4.69, 9.17) is 11.6 Å². The fourth-order valence-electron chi connectivity index (χ4n) is 2.69. The summed E-state index contributed by atoms with van der Waals surface area (Å²) in [5, 5.41) is 0. The first kappa shape index (κ1) is 15.3. The fraction of sp³-hybridized carbons (Fsp3) is 0.429. The van der Waals surface area contributed by atoms with Gasteiger partial charge >= 0.3 is 0 Å². The third-order valence-corrected chi connectivity index (χ3v) is 4.29. The third kappa shape index (κ3) is 2.22. The van der Waals surface area contributed by atoms with Gasteiger partial charge in [-0.05, 0) is 23.7 Å². The molecule has 1 saturated carbocycles. The molecular weight excluding hydrogens is 299 g/mol. The number of benzene rings is 1. The lowest BCUT2D eigenvalue weighted by Crippen LogP contribution is -2.09. The van der Waals surface area contributed by atoms with Crippen LogP contribution in [0.15, 0.2) is 11.6 Å². The average Bonchev–Trinajstić information content (AvgIpc) is 2.91. The van der Waals surface area contributed by atoms with Crippen molar-refractivity contribution < 1.29 is 22.0 Å². The van der Waals surface area contributed by atoms with Gasteiger partial charge in [0.15, 0.2) is 23.3 Å². The van der Waals surface area contributed by atoms with Crippen molar-refractivity contribution in [2.75, 3.05) is 0 Å². The summed E-state index contributed by atoms with van der Waals surface area (Å²) in [6.45, 7) is 3.70. The largest absolute Gasteiger partial charge is 0.203 e. The van der Waals surface area contributed by atoms with E-state index in [0.29, 0.717) is 0 Å². The van der Waals surface area contributed by atoms with Gasteiger partial charge in [-0.2, -0.15) is 0 Å². The Hall–Kier alpha value is -1.10. The molecule has 0 bridgehead atoms. The van der Waals surface area contributed by atoms with Gasteiger partial charge in [0.25, 0.3) is 0 Å². The zero-order valence-electron chi connectivity index (χ0n) is 10.8. The van der Waals surface area contributed by atoms with Gasteiger partial charge in [0, 0.05) is 11.1 Å². The topological polar surface area (TPSA) is 0 Å². The van der Waals surface area contributed by atoms with E-state index in [0.717, 1.165) is 0 Å². The predicted molar refractivity (Wildman–Crippen MR) is 65.7 cm³/mol. The normalized spacial score (nSPS) is 24.4. The van der Waals surface area contributed by atoms with Gasteiger partial charge in [0.2, 0.25) is 5.82 Å². The zero-order chi connectivity index (χ0) is 15.2. The van der Waals surface area contributed by atoms with E-state index in [9.17, 15) is 22.0 Å². The Labute approximate surface area is 118 Å². The quantitative estimate of drug-likeness (QED) is 0.421. The third-order valence-electron chi connectivity index (χ3n) is 4.14. The van der Waals surface area contributed by atoms with Crippen LogP contribution in [0.2, 0.25) is 0 Å². The maximum absolute atomic E-state index is 13.6. The first-order chi connectivity index (χ1) is 9.23. The minimum absolute atomic E-state index is 0.0463. The molecule has 1 aliphatic carbocycles. The monoisotopic (exact) mass is 310 g/mol. The minimum atomic E-state index is -2.13. The number of allylic oxidation sites excluding steroid dienone is 1. The highest BCUT2D eigenvalue weighted by Gasteiger charge is 2.56. The minimum Gasteiger partial charge on any atom is -0.203 e. The van der Waals surface area contributed by atoms with Gasteiger partial charge < -0.3 is 0 Å². The molecule has 0 spiro atoms. The second kappa shape index (κ2) is 5.02. The van der Waals surface area contributed by atoms with Gasteiger partial charge in [0.05, 0.1) is 0 Å². The van der Waals surface area contributed by atoms with E-state index >= 15 is 0 Å². The standard InChI is InChI=1S/C14H12ClF5/c1-14(2)7(3-4-15)8(14)5-6-9(16)11(18)13(20)12(19)10(6)17/h3-4,7-8H,5H2,1-2H3/b4-3+/t7-,8+/m1/s1. The van der Waals surface area contributed by atoms with Crippen molar-refractivity contribution in [2.45, 2.75) is 20.3 Å². The molecule has 0 heterocycles. The molecular formula is C14H12ClF5. The van der Waals surface area contributed by atoms with Gasteiger partial charge in [0.1, 0.15) is 0 Å².